The molecule has 0 saturated carbocycles. The molecule has 4 nitrogen and oxygen atoms in total. The van der Waals surface area contributed by atoms with Gasteiger partial charge < -0.3 is 10.4 Å². The van der Waals surface area contributed by atoms with Gasteiger partial charge in [-0.25, -0.2) is 0 Å². The van der Waals surface area contributed by atoms with Crippen molar-refractivity contribution in [2.24, 2.45) is 0 Å². The number of nitrogens with one attached hydrogen (secondary N) is 1. The molecule has 1 amide bonds. The summed E-state index contributed by atoms with van der Waals surface area (Å²) in [7, 11) is 0. The first-order valence-electron chi connectivity index (χ1n) is 8.62. The minimum atomic E-state index is -0.712. The molecule has 26 heavy (non-hydrogen) atoms. The zero-order valence-electron chi connectivity index (χ0n) is 16.1. The van der Waals surface area contributed by atoms with Crippen LogP contribution in [-0.4, -0.2) is 48.2 Å². The number of hydrogen-bond acceptors (Lipinski definition) is 3. The average Bonchev–Trinajstić information content (AvgIpc) is 2.60. The third kappa shape index (κ3) is 10.4. The maximum Gasteiger partial charge on any atom is 0.251 e. The molecule has 0 spiro atoms. The maximum atomic E-state index is 12.1. The number of amides is 1. The molecule has 0 aromatic heterocycles. The number of rotatable bonds is 13. The fourth-order valence-electron chi connectivity index (χ4n) is 2.26. The highest BCUT2D eigenvalue weighted by Gasteiger charge is 2.14. The summed E-state index contributed by atoms with van der Waals surface area (Å²) < 4.78 is 0. The largest absolute Gasteiger partial charge is 0.390 e. The quantitative estimate of drug-likeness (QED) is 0.393. The van der Waals surface area contributed by atoms with E-state index in [2.05, 4.69) is 31.6 Å². The number of aliphatic hydroxyl groups excluding tert-OH is 1. The van der Waals surface area contributed by atoms with E-state index in [0.29, 0.717) is 25.2 Å². The number of nitrogens with zero attached hydrogens (tertiary/aromatic N) is 1. The number of carbonyl (C=O) groups excluding carboxylic acids is 1. The third-order valence-electron chi connectivity index (χ3n) is 3.50. The van der Waals surface area contributed by atoms with Crippen LogP contribution in [0.2, 0.25) is 0 Å². The van der Waals surface area contributed by atoms with Gasteiger partial charge in [0.05, 0.1) is 6.10 Å². The predicted octanol–water partition coefficient (Wildman–Crippen LogP) is 3.33. The lowest BCUT2D eigenvalue weighted by atomic mass is 10.2. The first-order valence-corrected chi connectivity index (χ1v) is 8.62. The molecule has 0 heterocycles. The SMILES string of the molecule is C=C/C=C\C(=C/C)C(=O)NCC(O)CN(CC(=C)C=C)CC(=C)/C=C\C. The van der Waals surface area contributed by atoms with Gasteiger partial charge in [-0.2, -0.15) is 0 Å². The predicted molar refractivity (Wildman–Crippen MR) is 112 cm³/mol. The Labute approximate surface area is 158 Å². The van der Waals surface area contributed by atoms with Crippen LogP contribution in [0, 0.1) is 0 Å². The molecule has 0 aliphatic carbocycles. The molecule has 0 bridgehead atoms. The summed E-state index contributed by atoms with van der Waals surface area (Å²) in [5, 5.41) is 13.1. The van der Waals surface area contributed by atoms with E-state index in [1.807, 2.05) is 24.0 Å². The summed E-state index contributed by atoms with van der Waals surface area (Å²) in [6, 6.07) is 0. The summed E-state index contributed by atoms with van der Waals surface area (Å²) in [6.45, 7) is 20.7. The molecule has 0 aromatic rings. The first-order chi connectivity index (χ1) is 12.4. The van der Waals surface area contributed by atoms with Crippen molar-refractivity contribution in [3.8, 4) is 0 Å². The molecule has 0 saturated heterocycles. The average molecular weight is 357 g/mol. The van der Waals surface area contributed by atoms with Crippen LogP contribution in [0.25, 0.3) is 0 Å². The molecule has 0 aliphatic rings. The van der Waals surface area contributed by atoms with Crippen molar-refractivity contribution in [3.05, 3.63) is 85.6 Å². The van der Waals surface area contributed by atoms with Gasteiger partial charge in [0.25, 0.3) is 5.91 Å². The molecule has 2 N–H and O–H groups in total. The molecular weight excluding hydrogens is 324 g/mol. The lowest BCUT2D eigenvalue weighted by Gasteiger charge is -2.25. The minimum absolute atomic E-state index is 0.158. The lowest BCUT2D eigenvalue weighted by Crippen LogP contribution is -2.41. The third-order valence-corrected chi connectivity index (χ3v) is 3.50. The van der Waals surface area contributed by atoms with Crippen LogP contribution in [0.1, 0.15) is 13.8 Å². The highest BCUT2D eigenvalue weighted by molar-refractivity contribution is 5.96. The van der Waals surface area contributed by atoms with Crippen molar-refractivity contribution in [2.45, 2.75) is 20.0 Å². The second-order valence-corrected chi connectivity index (χ2v) is 5.89. The smallest absolute Gasteiger partial charge is 0.251 e. The molecule has 142 valence electrons. The highest BCUT2D eigenvalue weighted by atomic mass is 16.3. The Morgan fingerprint density at radius 1 is 1.15 bits per heavy atom. The molecular formula is C22H32N2O2. The van der Waals surface area contributed by atoms with Gasteiger partial charge in [-0.1, -0.05) is 62.8 Å². The van der Waals surface area contributed by atoms with Gasteiger partial charge in [0.2, 0.25) is 0 Å². The van der Waals surface area contributed by atoms with Gasteiger partial charge in [0, 0.05) is 31.8 Å². The minimum Gasteiger partial charge on any atom is -0.390 e. The van der Waals surface area contributed by atoms with Crippen molar-refractivity contribution in [1.82, 2.24) is 10.2 Å². The van der Waals surface area contributed by atoms with Crippen LogP contribution in [0.4, 0.5) is 0 Å². The van der Waals surface area contributed by atoms with Crippen molar-refractivity contribution >= 4 is 5.91 Å². The Morgan fingerprint density at radius 3 is 2.35 bits per heavy atom. The maximum absolute atomic E-state index is 12.1. The monoisotopic (exact) mass is 356 g/mol. The zero-order valence-corrected chi connectivity index (χ0v) is 16.1. The lowest BCUT2D eigenvalue weighted by molar-refractivity contribution is -0.117. The highest BCUT2D eigenvalue weighted by Crippen LogP contribution is 2.05. The number of hydrogen-bond donors (Lipinski definition) is 2. The van der Waals surface area contributed by atoms with Crippen LogP contribution >= 0.6 is 0 Å². The second-order valence-electron chi connectivity index (χ2n) is 5.89. The van der Waals surface area contributed by atoms with Crippen LogP contribution in [0.5, 0.6) is 0 Å². The molecule has 0 aromatic carbocycles. The topological polar surface area (TPSA) is 52.6 Å². The number of allylic oxidation sites excluding steroid dienone is 4. The number of aliphatic hydroxyl groups is 1. The summed E-state index contributed by atoms with van der Waals surface area (Å²) in [5.41, 5.74) is 2.32. The van der Waals surface area contributed by atoms with E-state index < -0.39 is 6.10 Å². The van der Waals surface area contributed by atoms with Gasteiger partial charge in [-0.05, 0) is 31.1 Å². The molecule has 0 aliphatic heterocycles. The molecule has 1 atom stereocenters. The molecule has 0 radical (unpaired) electrons. The van der Waals surface area contributed by atoms with Crippen molar-refractivity contribution in [2.75, 3.05) is 26.2 Å². The zero-order chi connectivity index (χ0) is 19.9. The fraction of sp³-hybridized carbons (Fsp3) is 0.318. The molecule has 1 unspecified atom stereocenters. The van der Waals surface area contributed by atoms with E-state index in [4.69, 9.17) is 0 Å². The van der Waals surface area contributed by atoms with Gasteiger partial charge >= 0.3 is 0 Å². The molecule has 0 rings (SSSR count). The molecule has 4 heteroatoms. The number of carbonyl (C=O) groups is 1. The Morgan fingerprint density at radius 2 is 1.81 bits per heavy atom. The van der Waals surface area contributed by atoms with Crippen LogP contribution in [-0.2, 0) is 4.79 Å². The standard InChI is InChI=1S/C22H32N2O2/c1-7-11-13-20(10-4)22(26)23-14-21(25)17-24(15-18(5)9-3)16-19(6)12-8-2/h7-13,21,25H,1,3,5-6,14-17H2,2,4H3,(H,23,26)/b12-8-,13-11-,20-10+. The van der Waals surface area contributed by atoms with Gasteiger partial charge in [-0.15, -0.1) is 0 Å². The second kappa shape index (κ2) is 13.8. The Balaban J connectivity index is 4.74. The fourth-order valence-corrected chi connectivity index (χ4v) is 2.26. The van der Waals surface area contributed by atoms with Crippen LogP contribution < -0.4 is 5.32 Å². The summed E-state index contributed by atoms with van der Waals surface area (Å²) in [4.78, 5) is 14.1. The Hall–Kier alpha value is -2.43. The summed E-state index contributed by atoms with van der Waals surface area (Å²) in [5.74, 6) is -0.231. The van der Waals surface area contributed by atoms with Crippen LogP contribution in [0.15, 0.2) is 85.6 Å². The van der Waals surface area contributed by atoms with E-state index in [1.165, 1.54) is 0 Å². The first kappa shape index (κ1) is 23.6. The van der Waals surface area contributed by atoms with Crippen LogP contribution in [0.3, 0.4) is 0 Å². The van der Waals surface area contributed by atoms with E-state index >= 15 is 0 Å². The van der Waals surface area contributed by atoms with E-state index in [-0.39, 0.29) is 12.5 Å². The van der Waals surface area contributed by atoms with E-state index in [0.717, 1.165) is 11.1 Å². The normalized spacial score (nSPS) is 13.2. The molecule has 0 fully saturated rings. The Kier molecular flexibility index (Phi) is 12.5. The van der Waals surface area contributed by atoms with Crippen molar-refractivity contribution in [1.29, 1.82) is 0 Å². The van der Waals surface area contributed by atoms with E-state index in [1.54, 1.807) is 37.3 Å². The van der Waals surface area contributed by atoms with Gasteiger partial charge in [0.1, 0.15) is 0 Å². The van der Waals surface area contributed by atoms with Crippen molar-refractivity contribution in [3.63, 3.8) is 0 Å². The van der Waals surface area contributed by atoms with E-state index in [9.17, 15) is 9.90 Å². The van der Waals surface area contributed by atoms with Crippen molar-refractivity contribution < 1.29 is 9.90 Å². The van der Waals surface area contributed by atoms with Gasteiger partial charge in [0.15, 0.2) is 0 Å². The van der Waals surface area contributed by atoms with Gasteiger partial charge in [-0.3, -0.25) is 9.69 Å². The Bertz CT molecular complexity index is 597. The summed E-state index contributed by atoms with van der Waals surface area (Å²) >= 11 is 0. The summed E-state index contributed by atoms with van der Waals surface area (Å²) in [6.07, 6.45) is 11.5.